The van der Waals surface area contributed by atoms with Crippen LogP contribution in [0.3, 0.4) is 0 Å². The van der Waals surface area contributed by atoms with Gasteiger partial charge in [0.05, 0.1) is 0 Å². The summed E-state index contributed by atoms with van der Waals surface area (Å²) in [6, 6.07) is 0.725. The first kappa shape index (κ1) is 17.0. The molecule has 0 N–H and O–H groups in total. The quantitative estimate of drug-likeness (QED) is 0.583. The van der Waals surface area contributed by atoms with Crippen LogP contribution in [0.5, 0.6) is 0 Å². The van der Waals surface area contributed by atoms with E-state index < -0.39 is 0 Å². The van der Waals surface area contributed by atoms with Crippen molar-refractivity contribution in [3.05, 3.63) is 0 Å². The summed E-state index contributed by atoms with van der Waals surface area (Å²) >= 11 is 0. The number of nitrogens with zero attached hydrogens (tertiary/aromatic N) is 2. The molecule has 1 heterocycles. The SMILES string of the molecule is CC(C)CCCCCCCN1CCN(C(C)C)CC1. The van der Waals surface area contributed by atoms with Crippen molar-refractivity contribution in [3.8, 4) is 0 Å². The van der Waals surface area contributed by atoms with E-state index in [1.54, 1.807) is 0 Å². The molecule has 0 radical (unpaired) electrons. The molecule has 19 heavy (non-hydrogen) atoms. The molecule has 0 amide bonds. The Morgan fingerprint density at radius 1 is 0.737 bits per heavy atom. The molecule has 1 saturated heterocycles. The zero-order valence-corrected chi connectivity index (χ0v) is 13.8. The molecule has 1 fully saturated rings. The molecule has 2 heteroatoms. The van der Waals surface area contributed by atoms with Gasteiger partial charge in [-0.2, -0.15) is 0 Å². The summed E-state index contributed by atoms with van der Waals surface area (Å²) in [4.78, 5) is 5.26. The standard InChI is InChI=1S/C17H36N2/c1-16(2)10-8-6-5-7-9-11-18-12-14-19(15-13-18)17(3)4/h16-17H,5-15H2,1-4H3. The fourth-order valence-corrected chi connectivity index (χ4v) is 2.92. The van der Waals surface area contributed by atoms with Crippen LogP contribution in [0.1, 0.15) is 66.2 Å². The maximum Gasteiger partial charge on any atom is 0.0113 e. The first-order valence-corrected chi connectivity index (χ1v) is 8.56. The number of rotatable bonds is 9. The Balaban J connectivity index is 1.91. The van der Waals surface area contributed by atoms with Crippen molar-refractivity contribution in [2.75, 3.05) is 32.7 Å². The molecule has 114 valence electrons. The van der Waals surface area contributed by atoms with Crippen molar-refractivity contribution in [1.29, 1.82) is 0 Å². The lowest BCUT2D eigenvalue weighted by atomic mass is 10.0. The smallest absolute Gasteiger partial charge is 0.0113 e. The highest BCUT2D eigenvalue weighted by Gasteiger charge is 2.17. The van der Waals surface area contributed by atoms with Gasteiger partial charge in [-0.15, -0.1) is 0 Å². The molecular weight excluding hydrogens is 232 g/mol. The summed E-state index contributed by atoms with van der Waals surface area (Å²) in [5.41, 5.74) is 0. The lowest BCUT2D eigenvalue weighted by Gasteiger charge is -2.36. The van der Waals surface area contributed by atoms with Gasteiger partial charge < -0.3 is 4.90 Å². The Morgan fingerprint density at radius 3 is 1.89 bits per heavy atom. The largest absolute Gasteiger partial charge is 0.301 e. The molecule has 0 saturated carbocycles. The average Bonchev–Trinajstić information content (AvgIpc) is 2.38. The van der Waals surface area contributed by atoms with Gasteiger partial charge in [0.2, 0.25) is 0 Å². The zero-order valence-electron chi connectivity index (χ0n) is 13.8. The number of piperazine rings is 1. The summed E-state index contributed by atoms with van der Waals surface area (Å²) in [6.45, 7) is 15.7. The fourth-order valence-electron chi connectivity index (χ4n) is 2.92. The Morgan fingerprint density at radius 2 is 1.32 bits per heavy atom. The van der Waals surface area contributed by atoms with E-state index in [0.29, 0.717) is 0 Å². The van der Waals surface area contributed by atoms with Gasteiger partial charge in [-0.1, -0.05) is 46.0 Å². The fraction of sp³-hybridized carbons (Fsp3) is 1.00. The van der Waals surface area contributed by atoms with Gasteiger partial charge in [0, 0.05) is 32.2 Å². The van der Waals surface area contributed by atoms with Gasteiger partial charge in [-0.3, -0.25) is 4.90 Å². The highest BCUT2D eigenvalue weighted by Crippen LogP contribution is 2.12. The molecule has 1 aliphatic heterocycles. The van der Waals surface area contributed by atoms with E-state index in [-0.39, 0.29) is 0 Å². The highest BCUT2D eigenvalue weighted by molar-refractivity contribution is 4.73. The first-order chi connectivity index (χ1) is 9.09. The number of hydrogen-bond donors (Lipinski definition) is 0. The van der Waals surface area contributed by atoms with E-state index in [9.17, 15) is 0 Å². The predicted octanol–water partition coefficient (Wildman–Crippen LogP) is 4.01. The molecule has 0 aromatic heterocycles. The topological polar surface area (TPSA) is 6.48 Å². The second-order valence-electron chi connectivity index (χ2n) is 6.92. The van der Waals surface area contributed by atoms with E-state index in [0.717, 1.165) is 12.0 Å². The molecule has 0 spiro atoms. The van der Waals surface area contributed by atoms with Crippen LogP contribution in [0, 0.1) is 5.92 Å². The Bertz CT molecular complexity index is 205. The molecule has 0 aromatic carbocycles. The van der Waals surface area contributed by atoms with Crippen molar-refractivity contribution >= 4 is 0 Å². The van der Waals surface area contributed by atoms with Crippen molar-refractivity contribution in [2.45, 2.75) is 72.3 Å². The molecule has 0 aliphatic carbocycles. The van der Waals surface area contributed by atoms with Gasteiger partial charge >= 0.3 is 0 Å². The summed E-state index contributed by atoms with van der Waals surface area (Å²) in [6.07, 6.45) is 8.58. The normalized spacial score (nSPS) is 18.6. The third-order valence-corrected chi connectivity index (χ3v) is 4.39. The lowest BCUT2D eigenvalue weighted by Crippen LogP contribution is -2.48. The third-order valence-electron chi connectivity index (χ3n) is 4.39. The van der Waals surface area contributed by atoms with Gasteiger partial charge in [0.25, 0.3) is 0 Å². The zero-order chi connectivity index (χ0) is 14.1. The van der Waals surface area contributed by atoms with E-state index in [1.807, 2.05) is 0 Å². The molecule has 1 aliphatic rings. The van der Waals surface area contributed by atoms with Crippen LogP contribution in [0.4, 0.5) is 0 Å². The molecule has 1 rings (SSSR count). The van der Waals surface area contributed by atoms with Crippen molar-refractivity contribution in [1.82, 2.24) is 9.80 Å². The van der Waals surface area contributed by atoms with E-state index >= 15 is 0 Å². The maximum absolute atomic E-state index is 2.66. The monoisotopic (exact) mass is 268 g/mol. The molecular formula is C17H36N2. The highest BCUT2D eigenvalue weighted by atomic mass is 15.3. The predicted molar refractivity (Wildman–Crippen MR) is 85.7 cm³/mol. The minimum Gasteiger partial charge on any atom is -0.301 e. The molecule has 0 aromatic rings. The second-order valence-corrected chi connectivity index (χ2v) is 6.92. The van der Waals surface area contributed by atoms with Gasteiger partial charge in [-0.25, -0.2) is 0 Å². The van der Waals surface area contributed by atoms with Crippen LogP contribution in [0.25, 0.3) is 0 Å². The van der Waals surface area contributed by atoms with Crippen molar-refractivity contribution < 1.29 is 0 Å². The van der Waals surface area contributed by atoms with Crippen LogP contribution in [0.2, 0.25) is 0 Å². The Hall–Kier alpha value is -0.0800. The van der Waals surface area contributed by atoms with Crippen LogP contribution in [-0.2, 0) is 0 Å². The van der Waals surface area contributed by atoms with E-state index in [4.69, 9.17) is 0 Å². The number of hydrogen-bond acceptors (Lipinski definition) is 2. The van der Waals surface area contributed by atoms with E-state index in [2.05, 4.69) is 37.5 Å². The van der Waals surface area contributed by atoms with Gasteiger partial charge in [0.1, 0.15) is 0 Å². The summed E-state index contributed by atoms with van der Waals surface area (Å²) in [7, 11) is 0. The van der Waals surface area contributed by atoms with Crippen LogP contribution in [0.15, 0.2) is 0 Å². The average molecular weight is 268 g/mol. The van der Waals surface area contributed by atoms with Crippen LogP contribution >= 0.6 is 0 Å². The van der Waals surface area contributed by atoms with Crippen molar-refractivity contribution in [2.24, 2.45) is 5.92 Å². The van der Waals surface area contributed by atoms with Crippen molar-refractivity contribution in [3.63, 3.8) is 0 Å². The lowest BCUT2D eigenvalue weighted by molar-refractivity contribution is 0.107. The molecule has 2 nitrogen and oxygen atoms in total. The van der Waals surface area contributed by atoms with E-state index in [1.165, 1.54) is 71.2 Å². The van der Waals surface area contributed by atoms with Gasteiger partial charge in [-0.05, 0) is 32.7 Å². The first-order valence-electron chi connectivity index (χ1n) is 8.56. The Labute approximate surface area is 121 Å². The van der Waals surface area contributed by atoms with Crippen LogP contribution < -0.4 is 0 Å². The Kier molecular flexibility index (Phi) is 8.72. The molecule has 0 atom stereocenters. The second kappa shape index (κ2) is 9.77. The molecule has 0 unspecified atom stereocenters. The summed E-state index contributed by atoms with van der Waals surface area (Å²) < 4.78 is 0. The summed E-state index contributed by atoms with van der Waals surface area (Å²) in [5.74, 6) is 0.886. The maximum atomic E-state index is 2.66. The minimum atomic E-state index is 0.725. The molecule has 0 bridgehead atoms. The third kappa shape index (κ3) is 7.94. The number of unbranched alkanes of at least 4 members (excludes halogenated alkanes) is 4. The van der Waals surface area contributed by atoms with Gasteiger partial charge in [0.15, 0.2) is 0 Å². The summed E-state index contributed by atoms with van der Waals surface area (Å²) in [5, 5.41) is 0. The van der Waals surface area contributed by atoms with Crippen LogP contribution in [-0.4, -0.2) is 48.6 Å². The minimum absolute atomic E-state index is 0.725.